The Morgan fingerprint density at radius 1 is 1.12 bits per heavy atom. The summed E-state index contributed by atoms with van der Waals surface area (Å²) in [5, 5.41) is 0. The molecule has 4 heteroatoms. The van der Waals surface area contributed by atoms with Crippen molar-refractivity contribution in [2.24, 2.45) is 0 Å². The zero-order valence-corrected chi connectivity index (χ0v) is 8.85. The number of anilines is 1. The second kappa shape index (κ2) is 3.59. The summed E-state index contributed by atoms with van der Waals surface area (Å²) < 4.78 is 18.6. The van der Waals surface area contributed by atoms with E-state index < -0.39 is 5.82 Å². The van der Waals surface area contributed by atoms with E-state index in [4.69, 9.17) is 10.2 Å². The van der Waals surface area contributed by atoms with Gasteiger partial charge in [-0.15, -0.1) is 0 Å². The molecule has 0 spiro atoms. The van der Waals surface area contributed by atoms with E-state index in [1.54, 1.807) is 6.07 Å². The topological polar surface area (TPSA) is 52.0 Å². The van der Waals surface area contributed by atoms with Crippen molar-refractivity contribution in [1.82, 2.24) is 4.98 Å². The first-order valence-corrected chi connectivity index (χ1v) is 5.15. The number of benzene rings is 2. The number of aromatic nitrogens is 1. The Hall–Kier alpha value is -2.36. The molecule has 0 aliphatic heterocycles. The van der Waals surface area contributed by atoms with Gasteiger partial charge in [-0.25, -0.2) is 9.37 Å². The minimum absolute atomic E-state index is 0.0877. The summed E-state index contributed by atoms with van der Waals surface area (Å²) in [7, 11) is 0. The molecule has 3 rings (SSSR count). The molecule has 0 fully saturated rings. The average molecular weight is 228 g/mol. The van der Waals surface area contributed by atoms with E-state index in [0.717, 1.165) is 5.52 Å². The highest BCUT2D eigenvalue weighted by Gasteiger charge is 2.09. The van der Waals surface area contributed by atoms with Crippen LogP contribution >= 0.6 is 0 Å². The molecule has 17 heavy (non-hydrogen) atoms. The number of rotatable bonds is 1. The van der Waals surface area contributed by atoms with Gasteiger partial charge in [0.1, 0.15) is 11.3 Å². The van der Waals surface area contributed by atoms with E-state index in [1.165, 1.54) is 12.1 Å². The number of para-hydroxylation sites is 2. The van der Waals surface area contributed by atoms with Crippen LogP contribution in [0.15, 0.2) is 46.9 Å². The molecule has 0 amide bonds. The van der Waals surface area contributed by atoms with Gasteiger partial charge in [0.15, 0.2) is 5.58 Å². The summed E-state index contributed by atoms with van der Waals surface area (Å²) in [5.41, 5.74) is 7.73. The summed E-state index contributed by atoms with van der Waals surface area (Å²) >= 11 is 0. The second-order valence-electron chi connectivity index (χ2n) is 3.72. The molecule has 0 bridgehead atoms. The normalized spacial score (nSPS) is 10.9. The predicted octanol–water partition coefficient (Wildman–Crippen LogP) is 3.22. The Labute approximate surface area is 96.7 Å². The molecule has 84 valence electrons. The third-order valence-corrected chi connectivity index (χ3v) is 2.54. The Bertz CT molecular complexity index is 658. The first-order chi connectivity index (χ1) is 8.24. The molecule has 0 atom stereocenters. The number of fused-ring (bicyclic) bond motifs is 1. The molecule has 1 aromatic heterocycles. The van der Waals surface area contributed by atoms with Gasteiger partial charge < -0.3 is 10.2 Å². The average Bonchev–Trinajstić information content (AvgIpc) is 2.76. The number of hydrogen-bond donors (Lipinski definition) is 1. The standard InChI is InChI=1S/C13H9FN2O/c14-9-6-5-8(7-10(9)15)13-16-11-3-1-2-4-12(11)17-13/h1-7H,15H2. The first-order valence-electron chi connectivity index (χ1n) is 5.15. The molecule has 0 aliphatic rings. The zero-order chi connectivity index (χ0) is 11.8. The van der Waals surface area contributed by atoms with Crippen molar-refractivity contribution in [1.29, 1.82) is 0 Å². The van der Waals surface area contributed by atoms with Crippen molar-refractivity contribution in [3.8, 4) is 11.5 Å². The fraction of sp³-hybridized carbons (Fsp3) is 0. The minimum Gasteiger partial charge on any atom is -0.436 e. The Balaban J connectivity index is 2.17. The smallest absolute Gasteiger partial charge is 0.227 e. The molecule has 3 aromatic rings. The highest BCUT2D eigenvalue weighted by molar-refractivity contribution is 5.76. The summed E-state index contributed by atoms with van der Waals surface area (Å²) in [4.78, 5) is 4.31. The molecule has 0 saturated heterocycles. The maximum Gasteiger partial charge on any atom is 0.227 e. The van der Waals surface area contributed by atoms with Gasteiger partial charge in [0.2, 0.25) is 5.89 Å². The van der Waals surface area contributed by atoms with Gasteiger partial charge in [-0.1, -0.05) is 12.1 Å². The van der Waals surface area contributed by atoms with Crippen LogP contribution in [0.25, 0.3) is 22.6 Å². The van der Waals surface area contributed by atoms with Crippen LogP contribution in [0.2, 0.25) is 0 Å². The summed E-state index contributed by atoms with van der Waals surface area (Å²) in [5.74, 6) is 0.00256. The van der Waals surface area contributed by atoms with Gasteiger partial charge in [-0.3, -0.25) is 0 Å². The largest absolute Gasteiger partial charge is 0.436 e. The van der Waals surface area contributed by atoms with Crippen LogP contribution in [-0.2, 0) is 0 Å². The quantitative estimate of drug-likeness (QED) is 0.650. The molecule has 0 saturated carbocycles. The Morgan fingerprint density at radius 3 is 2.71 bits per heavy atom. The minimum atomic E-state index is -0.440. The van der Waals surface area contributed by atoms with Crippen LogP contribution in [0.4, 0.5) is 10.1 Å². The van der Waals surface area contributed by atoms with E-state index in [0.29, 0.717) is 17.0 Å². The summed E-state index contributed by atoms with van der Waals surface area (Å²) in [6, 6.07) is 11.9. The first kappa shape index (κ1) is 9.84. The van der Waals surface area contributed by atoms with Crippen molar-refractivity contribution in [3.63, 3.8) is 0 Å². The van der Waals surface area contributed by atoms with E-state index in [9.17, 15) is 4.39 Å². The fourth-order valence-corrected chi connectivity index (χ4v) is 1.67. The number of hydrogen-bond acceptors (Lipinski definition) is 3. The molecule has 1 heterocycles. The van der Waals surface area contributed by atoms with Crippen molar-refractivity contribution in [3.05, 3.63) is 48.3 Å². The maximum absolute atomic E-state index is 13.0. The number of nitrogens with two attached hydrogens (primary N) is 1. The van der Waals surface area contributed by atoms with Crippen LogP contribution < -0.4 is 5.73 Å². The molecular formula is C13H9FN2O. The third kappa shape index (κ3) is 1.63. The van der Waals surface area contributed by atoms with Gasteiger partial charge in [-0.05, 0) is 30.3 Å². The predicted molar refractivity (Wildman–Crippen MR) is 63.8 cm³/mol. The van der Waals surface area contributed by atoms with Crippen LogP contribution in [0.3, 0.4) is 0 Å². The van der Waals surface area contributed by atoms with Crippen molar-refractivity contribution in [2.75, 3.05) is 5.73 Å². The molecule has 2 aromatic carbocycles. The van der Waals surface area contributed by atoms with Gasteiger partial charge in [0, 0.05) is 5.56 Å². The zero-order valence-electron chi connectivity index (χ0n) is 8.85. The van der Waals surface area contributed by atoms with Crippen LogP contribution in [0.1, 0.15) is 0 Å². The fourth-order valence-electron chi connectivity index (χ4n) is 1.67. The summed E-state index contributed by atoms with van der Waals surface area (Å²) in [6.07, 6.45) is 0. The highest BCUT2D eigenvalue weighted by atomic mass is 19.1. The molecule has 3 nitrogen and oxygen atoms in total. The lowest BCUT2D eigenvalue weighted by molar-refractivity contribution is 0.617. The lowest BCUT2D eigenvalue weighted by Gasteiger charge is -1.98. The lowest BCUT2D eigenvalue weighted by Crippen LogP contribution is -1.90. The van der Waals surface area contributed by atoms with E-state index >= 15 is 0 Å². The second-order valence-corrected chi connectivity index (χ2v) is 3.72. The third-order valence-electron chi connectivity index (χ3n) is 2.54. The Morgan fingerprint density at radius 2 is 1.94 bits per heavy atom. The van der Waals surface area contributed by atoms with Gasteiger partial charge >= 0.3 is 0 Å². The summed E-state index contributed by atoms with van der Waals surface area (Å²) in [6.45, 7) is 0. The van der Waals surface area contributed by atoms with Gasteiger partial charge in [0.05, 0.1) is 5.69 Å². The van der Waals surface area contributed by atoms with Gasteiger partial charge in [0.25, 0.3) is 0 Å². The monoisotopic (exact) mass is 228 g/mol. The van der Waals surface area contributed by atoms with Crippen molar-refractivity contribution >= 4 is 16.8 Å². The molecule has 0 aliphatic carbocycles. The van der Waals surface area contributed by atoms with E-state index in [2.05, 4.69) is 4.98 Å². The lowest BCUT2D eigenvalue weighted by atomic mass is 10.2. The molecule has 0 unspecified atom stereocenters. The molecule has 0 radical (unpaired) electrons. The highest BCUT2D eigenvalue weighted by Crippen LogP contribution is 2.26. The van der Waals surface area contributed by atoms with Crippen molar-refractivity contribution < 1.29 is 8.81 Å². The number of nitrogens with zero attached hydrogens (tertiary/aromatic N) is 1. The van der Waals surface area contributed by atoms with E-state index in [1.807, 2.05) is 24.3 Å². The van der Waals surface area contributed by atoms with E-state index in [-0.39, 0.29) is 5.69 Å². The molecular weight excluding hydrogens is 219 g/mol. The molecule has 2 N–H and O–H groups in total. The van der Waals surface area contributed by atoms with Crippen LogP contribution in [-0.4, -0.2) is 4.98 Å². The van der Waals surface area contributed by atoms with Crippen LogP contribution in [0.5, 0.6) is 0 Å². The van der Waals surface area contributed by atoms with Crippen molar-refractivity contribution in [2.45, 2.75) is 0 Å². The van der Waals surface area contributed by atoms with Crippen LogP contribution in [0, 0.1) is 5.82 Å². The van der Waals surface area contributed by atoms with Gasteiger partial charge in [-0.2, -0.15) is 0 Å². The number of oxazole rings is 1. The SMILES string of the molecule is Nc1cc(-c2nc3ccccc3o2)ccc1F. The number of nitrogen functional groups attached to an aromatic ring is 1. The maximum atomic E-state index is 13.0. The number of halogens is 1. The Kier molecular flexibility index (Phi) is 2.08.